The van der Waals surface area contributed by atoms with Gasteiger partial charge in [0.2, 0.25) is 10.0 Å². The Bertz CT molecular complexity index is 355. The van der Waals surface area contributed by atoms with Crippen LogP contribution < -0.4 is 5.73 Å². The number of carbonyl (C=O) groups is 1. The predicted molar refractivity (Wildman–Crippen MR) is 64.1 cm³/mol. The maximum absolute atomic E-state index is 11.6. The SMILES string of the molecule is NCCCCCCN1C(C(=O)O)CCS1(=O)=O. The minimum Gasteiger partial charge on any atom is -0.480 e. The van der Waals surface area contributed by atoms with E-state index in [-0.39, 0.29) is 12.2 Å². The van der Waals surface area contributed by atoms with E-state index in [1.54, 1.807) is 0 Å². The van der Waals surface area contributed by atoms with E-state index in [2.05, 4.69) is 0 Å². The summed E-state index contributed by atoms with van der Waals surface area (Å²) in [5.74, 6) is -1.10. The molecule has 7 heteroatoms. The molecule has 0 amide bonds. The van der Waals surface area contributed by atoms with Crippen LogP contribution in [0.4, 0.5) is 0 Å². The molecule has 1 saturated heterocycles. The predicted octanol–water partition coefficient (Wildman–Crippen LogP) is -0.00580. The lowest BCUT2D eigenvalue weighted by Crippen LogP contribution is -2.39. The van der Waals surface area contributed by atoms with Crippen molar-refractivity contribution in [3.8, 4) is 0 Å². The highest BCUT2D eigenvalue weighted by Crippen LogP contribution is 2.22. The molecule has 0 aromatic carbocycles. The largest absolute Gasteiger partial charge is 0.480 e. The number of hydrogen-bond donors (Lipinski definition) is 2. The lowest BCUT2D eigenvalue weighted by atomic mass is 10.2. The highest BCUT2D eigenvalue weighted by molar-refractivity contribution is 7.89. The van der Waals surface area contributed by atoms with Gasteiger partial charge in [-0.2, -0.15) is 4.31 Å². The molecule has 3 N–H and O–H groups in total. The molecular weight excluding hydrogens is 244 g/mol. The van der Waals surface area contributed by atoms with Gasteiger partial charge in [0.25, 0.3) is 0 Å². The summed E-state index contributed by atoms with van der Waals surface area (Å²) in [7, 11) is -3.35. The molecule has 0 aromatic heterocycles. The smallest absolute Gasteiger partial charge is 0.322 e. The summed E-state index contributed by atoms with van der Waals surface area (Å²) in [6.45, 7) is 0.948. The van der Waals surface area contributed by atoms with Gasteiger partial charge < -0.3 is 10.8 Å². The summed E-state index contributed by atoms with van der Waals surface area (Å²) >= 11 is 0. The van der Waals surface area contributed by atoms with Gasteiger partial charge in [-0.25, -0.2) is 8.42 Å². The number of carboxylic acids is 1. The van der Waals surface area contributed by atoms with Crippen LogP contribution in [0.3, 0.4) is 0 Å². The quantitative estimate of drug-likeness (QED) is 0.630. The summed E-state index contributed by atoms with van der Waals surface area (Å²) in [6.07, 6.45) is 3.66. The maximum atomic E-state index is 11.6. The van der Waals surface area contributed by atoms with Crippen molar-refractivity contribution in [3.05, 3.63) is 0 Å². The van der Waals surface area contributed by atoms with Crippen LogP contribution in [0.15, 0.2) is 0 Å². The number of nitrogens with zero attached hydrogens (tertiary/aromatic N) is 1. The molecule has 1 rings (SSSR count). The van der Waals surface area contributed by atoms with Gasteiger partial charge in [-0.15, -0.1) is 0 Å². The van der Waals surface area contributed by atoms with E-state index < -0.39 is 22.0 Å². The van der Waals surface area contributed by atoms with Crippen molar-refractivity contribution in [2.45, 2.75) is 38.1 Å². The van der Waals surface area contributed by atoms with Gasteiger partial charge in [0.05, 0.1) is 5.75 Å². The number of aliphatic carboxylic acids is 1. The first-order valence-electron chi connectivity index (χ1n) is 5.91. The Labute approximate surface area is 102 Å². The molecule has 0 bridgehead atoms. The zero-order valence-corrected chi connectivity index (χ0v) is 10.7. The number of sulfonamides is 1. The van der Waals surface area contributed by atoms with Crippen LogP contribution >= 0.6 is 0 Å². The van der Waals surface area contributed by atoms with Crippen LogP contribution in [0, 0.1) is 0 Å². The van der Waals surface area contributed by atoms with Crippen LogP contribution in [-0.2, 0) is 14.8 Å². The second-order valence-corrected chi connectivity index (χ2v) is 6.31. The molecule has 0 aliphatic carbocycles. The van der Waals surface area contributed by atoms with Crippen molar-refractivity contribution in [1.82, 2.24) is 4.31 Å². The van der Waals surface area contributed by atoms with Crippen molar-refractivity contribution >= 4 is 16.0 Å². The monoisotopic (exact) mass is 264 g/mol. The van der Waals surface area contributed by atoms with Crippen LogP contribution in [0.5, 0.6) is 0 Å². The number of hydrogen-bond acceptors (Lipinski definition) is 4. The second-order valence-electron chi connectivity index (χ2n) is 4.27. The Hall–Kier alpha value is -0.660. The fourth-order valence-electron chi connectivity index (χ4n) is 2.02. The first-order valence-corrected chi connectivity index (χ1v) is 7.52. The lowest BCUT2D eigenvalue weighted by molar-refractivity contribution is -0.141. The van der Waals surface area contributed by atoms with Crippen molar-refractivity contribution in [2.75, 3.05) is 18.8 Å². The Morgan fingerprint density at radius 1 is 1.29 bits per heavy atom. The number of unbranched alkanes of at least 4 members (excludes halogenated alkanes) is 3. The van der Waals surface area contributed by atoms with Crippen LogP contribution in [0.1, 0.15) is 32.1 Å². The first kappa shape index (κ1) is 14.4. The molecule has 17 heavy (non-hydrogen) atoms. The fraction of sp³-hybridized carbons (Fsp3) is 0.900. The second kappa shape index (κ2) is 6.32. The number of carboxylic acid groups (broad SMARTS) is 1. The molecule has 1 fully saturated rings. The zero-order chi connectivity index (χ0) is 12.9. The molecule has 0 radical (unpaired) electrons. The Morgan fingerprint density at radius 2 is 1.94 bits per heavy atom. The van der Waals surface area contributed by atoms with Crippen molar-refractivity contribution in [1.29, 1.82) is 0 Å². The average Bonchev–Trinajstić information content (AvgIpc) is 2.54. The first-order chi connectivity index (χ1) is 7.99. The van der Waals surface area contributed by atoms with E-state index in [1.807, 2.05) is 0 Å². The van der Waals surface area contributed by atoms with Crippen LogP contribution in [0.2, 0.25) is 0 Å². The van der Waals surface area contributed by atoms with Gasteiger partial charge in [0.1, 0.15) is 6.04 Å². The summed E-state index contributed by atoms with van der Waals surface area (Å²) < 4.78 is 24.4. The number of rotatable bonds is 7. The minimum atomic E-state index is -3.35. The molecule has 1 heterocycles. The van der Waals surface area contributed by atoms with Crippen molar-refractivity contribution < 1.29 is 18.3 Å². The van der Waals surface area contributed by atoms with Gasteiger partial charge in [-0.1, -0.05) is 12.8 Å². The molecular formula is C10H20N2O4S. The molecule has 0 saturated carbocycles. The summed E-state index contributed by atoms with van der Waals surface area (Å²) in [6, 6.07) is -0.866. The van der Waals surface area contributed by atoms with E-state index in [1.165, 1.54) is 0 Å². The van der Waals surface area contributed by atoms with Crippen LogP contribution in [0.25, 0.3) is 0 Å². The molecule has 100 valence electrons. The van der Waals surface area contributed by atoms with Gasteiger partial charge >= 0.3 is 5.97 Å². The third-order valence-corrected chi connectivity index (χ3v) is 4.88. The highest BCUT2D eigenvalue weighted by Gasteiger charge is 2.40. The highest BCUT2D eigenvalue weighted by atomic mass is 32.2. The van der Waals surface area contributed by atoms with Gasteiger partial charge in [0, 0.05) is 6.54 Å². The third-order valence-electron chi connectivity index (χ3n) is 2.97. The maximum Gasteiger partial charge on any atom is 0.322 e. The minimum absolute atomic E-state index is 0.0488. The van der Waals surface area contributed by atoms with E-state index >= 15 is 0 Å². The van der Waals surface area contributed by atoms with E-state index in [0.29, 0.717) is 19.5 Å². The fourth-order valence-corrected chi connectivity index (χ4v) is 3.77. The summed E-state index contributed by atoms with van der Waals surface area (Å²) in [4.78, 5) is 10.9. The Morgan fingerprint density at radius 3 is 2.53 bits per heavy atom. The van der Waals surface area contributed by atoms with Crippen LogP contribution in [-0.4, -0.2) is 48.7 Å². The molecule has 1 aliphatic rings. The summed E-state index contributed by atoms with van der Waals surface area (Å²) in [5.41, 5.74) is 5.35. The molecule has 1 aliphatic heterocycles. The van der Waals surface area contributed by atoms with Crippen molar-refractivity contribution in [3.63, 3.8) is 0 Å². The van der Waals surface area contributed by atoms with E-state index in [9.17, 15) is 13.2 Å². The molecule has 1 atom stereocenters. The van der Waals surface area contributed by atoms with E-state index in [0.717, 1.165) is 23.6 Å². The van der Waals surface area contributed by atoms with Crippen molar-refractivity contribution in [2.24, 2.45) is 5.73 Å². The Kier molecular flexibility index (Phi) is 5.35. The lowest BCUT2D eigenvalue weighted by Gasteiger charge is -2.19. The standard InChI is InChI=1S/C10H20N2O4S/c11-6-3-1-2-4-7-12-9(10(13)14)5-8-17(12,15)16/h9H,1-8,11H2,(H,13,14). The topological polar surface area (TPSA) is 101 Å². The Balaban J connectivity index is 2.45. The van der Waals surface area contributed by atoms with Gasteiger partial charge in [-0.05, 0) is 25.8 Å². The summed E-state index contributed by atoms with van der Waals surface area (Å²) in [5, 5.41) is 8.93. The van der Waals surface area contributed by atoms with E-state index in [4.69, 9.17) is 10.8 Å². The third kappa shape index (κ3) is 3.93. The molecule has 1 unspecified atom stereocenters. The van der Waals surface area contributed by atoms with Gasteiger partial charge in [-0.3, -0.25) is 4.79 Å². The molecule has 0 aromatic rings. The molecule has 0 spiro atoms. The zero-order valence-electron chi connectivity index (χ0n) is 9.84. The normalized spacial score (nSPS) is 23.9. The number of nitrogens with two attached hydrogens (primary N) is 1. The average molecular weight is 264 g/mol. The van der Waals surface area contributed by atoms with Gasteiger partial charge in [0.15, 0.2) is 0 Å². The molecule has 6 nitrogen and oxygen atoms in total.